The highest BCUT2D eigenvalue weighted by Gasteiger charge is 2.34. The van der Waals surface area contributed by atoms with E-state index in [0.717, 1.165) is 19.4 Å². The van der Waals surface area contributed by atoms with E-state index in [2.05, 4.69) is 4.98 Å². The fourth-order valence-corrected chi connectivity index (χ4v) is 4.12. The van der Waals surface area contributed by atoms with Crippen molar-refractivity contribution in [2.45, 2.75) is 51.4 Å². The first kappa shape index (κ1) is 23.3. The van der Waals surface area contributed by atoms with Crippen LogP contribution in [-0.2, 0) is 28.6 Å². The predicted octanol–water partition coefficient (Wildman–Crippen LogP) is 4.62. The molecule has 1 unspecified atom stereocenters. The second-order valence-electron chi connectivity index (χ2n) is 9.47. The Labute approximate surface area is 181 Å². The number of hydrogen-bond donors (Lipinski definition) is 0. The van der Waals surface area contributed by atoms with Gasteiger partial charge >= 0.3 is 0 Å². The Morgan fingerprint density at radius 1 is 1.16 bits per heavy atom. The number of alkyl halides is 2. The van der Waals surface area contributed by atoms with Gasteiger partial charge in [-0.2, -0.15) is 0 Å². The summed E-state index contributed by atoms with van der Waals surface area (Å²) in [7, 11) is -3.52. The summed E-state index contributed by atoms with van der Waals surface area (Å²) in [5.74, 6) is -3.49. The SMILES string of the molecule is CC(C)(C)COc1ccc(S(C)(=O)=O)cc1C(=O)C1Cc2cc(C(C)(F)F)cnc2C1. The minimum absolute atomic E-state index is 0.0282. The number of hydrogen-bond acceptors (Lipinski definition) is 5. The Morgan fingerprint density at radius 2 is 1.84 bits per heavy atom. The number of ketones is 1. The van der Waals surface area contributed by atoms with Crippen molar-refractivity contribution in [2.75, 3.05) is 12.9 Å². The molecule has 168 valence electrons. The Balaban J connectivity index is 1.94. The summed E-state index contributed by atoms with van der Waals surface area (Å²) in [6.45, 7) is 7.11. The van der Waals surface area contributed by atoms with Crippen LogP contribution >= 0.6 is 0 Å². The summed E-state index contributed by atoms with van der Waals surface area (Å²) in [5, 5.41) is 0. The molecule has 31 heavy (non-hydrogen) atoms. The average molecular weight is 452 g/mol. The van der Waals surface area contributed by atoms with Gasteiger partial charge in [0.15, 0.2) is 15.6 Å². The minimum atomic E-state index is -3.52. The van der Waals surface area contributed by atoms with E-state index in [-0.39, 0.29) is 33.6 Å². The zero-order valence-corrected chi connectivity index (χ0v) is 19.1. The van der Waals surface area contributed by atoms with Crippen LogP contribution in [0.2, 0.25) is 0 Å². The van der Waals surface area contributed by atoms with Crippen molar-refractivity contribution in [1.29, 1.82) is 0 Å². The first-order chi connectivity index (χ1) is 14.1. The molecule has 2 aromatic rings. The van der Waals surface area contributed by atoms with Crippen molar-refractivity contribution in [2.24, 2.45) is 11.3 Å². The Bertz CT molecular complexity index is 1120. The molecule has 5 nitrogen and oxygen atoms in total. The molecule has 8 heteroatoms. The molecule has 1 aliphatic carbocycles. The monoisotopic (exact) mass is 451 g/mol. The number of ether oxygens (including phenoxy) is 1. The number of Topliss-reactive ketones (excluding diaryl/α,β-unsaturated/α-hetero) is 1. The van der Waals surface area contributed by atoms with Crippen LogP contribution < -0.4 is 4.74 Å². The number of sulfone groups is 1. The second kappa shape index (κ2) is 7.97. The molecular formula is C23H27F2NO4S. The van der Waals surface area contributed by atoms with E-state index in [9.17, 15) is 22.0 Å². The molecule has 1 atom stereocenters. The van der Waals surface area contributed by atoms with Gasteiger partial charge in [-0.15, -0.1) is 0 Å². The summed E-state index contributed by atoms with van der Waals surface area (Å²) in [6, 6.07) is 5.67. The summed E-state index contributed by atoms with van der Waals surface area (Å²) in [4.78, 5) is 17.5. The highest BCUT2D eigenvalue weighted by molar-refractivity contribution is 7.90. The molecule has 3 rings (SSSR count). The Kier molecular flexibility index (Phi) is 5.99. The van der Waals surface area contributed by atoms with E-state index < -0.39 is 21.7 Å². The molecule has 0 N–H and O–H groups in total. The number of carbonyl (C=O) groups is 1. The summed E-state index contributed by atoms with van der Waals surface area (Å²) < 4.78 is 57.2. The van der Waals surface area contributed by atoms with Crippen molar-refractivity contribution in [3.8, 4) is 5.75 Å². The third-order valence-corrected chi connectivity index (χ3v) is 6.26. The van der Waals surface area contributed by atoms with E-state index in [1.165, 1.54) is 24.3 Å². The zero-order chi connectivity index (χ0) is 23.2. The van der Waals surface area contributed by atoms with Gasteiger partial charge in [-0.05, 0) is 41.7 Å². The maximum Gasteiger partial charge on any atom is 0.272 e. The standard InChI is InChI=1S/C23H27F2NO4S/c1-22(2,3)13-30-20-7-6-17(31(5,28)29)11-18(20)21(27)15-8-14-9-16(23(4,24)25)12-26-19(14)10-15/h6-7,9,11-12,15H,8,10,13H2,1-5H3. The fourth-order valence-electron chi connectivity index (χ4n) is 3.47. The summed E-state index contributed by atoms with van der Waals surface area (Å²) in [5.41, 5.74) is 1.07. The van der Waals surface area contributed by atoms with E-state index >= 15 is 0 Å². The smallest absolute Gasteiger partial charge is 0.272 e. The lowest BCUT2D eigenvalue weighted by Crippen LogP contribution is -2.20. The van der Waals surface area contributed by atoms with Crippen molar-refractivity contribution in [3.05, 3.63) is 52.8 Å². The van der Waals surface area contributed by atoms with Crippen LogP contribution in [0.3, 0.4) is 0 Å². The molecule has 0 spiro atoms. The number of rotatable bonds is 6. The van der Waals surface area contributed by atoms with Gasteiger partial charge in [0.1, 0.15) is 5.75 Å². The van der Waals surface area contributed by atoms with Crippen LogP contribution in [0, 0.1) is 11.3 Å². The molecular weight excluding hydrogens is 424 g/mol. The quantitative estimate of drug-likeness (QED) is 0.599. The van der Waals surface area contributed by atoms with Crippen LogP contribution in [0.25, 0.3) is 0 Å². The molecule has 1 aromatic carbocycles. The predicted molar refractivity (Wildman–Crippen MR) is 114 cm³/mol. The number of nitrogens with zero attached hydrogens (tertiary/aromatic N) is 1. The third kappa shape index (κ3) is 5.47. The van der Waals surface area contributed by atoms with E-state index in [0.29, 0.717) is 30.0 Å². The molecule has 0 saturated carbocycles. The van der Waals surface area contributed by atoms with Crippen molar-refractivity contribution < 1.29 is 26.7 Å². The van der Waals surface area contributed by atoms with Gasteiger partial charge in [-0.1, -0.05) is 20.8 Å². The highest BCUT2D eigenvalue weighted by atomic mass is 32.2. The lowest BCUT2D eigenvalue weighted by molar-refractivity contribution is 0.0170. The normalized spacial score (nSPS) is 16.8. The third-order valence-electron chi connectivity index (χ3n) is 5.15. The van der Waals surface area contributed by atoms with E-state index in [1.54, 1.807) is 0 Å². The molecule has 0 fully saturated rings. The van der Waals surface area contributed by atoms with Gasteiger partial charge in [0.2, 0.25) is 0 Å². The highest BCUT2D eigenvalue weighted by Crippen LogP contribution is 2.35. The zero-order valence-electron chi connectivity index (χ0n) is 18.3. The lowest BCUT2D eigenvalue weighted by Gasteiger charge is -2.21. The maximum absolute atomic E-state index is 13.7. The van der Waals surface area contributed by atoms with Gasteiger partial charge in [-0.3, -0.25) is 9.78 Å². The molecule has 0 amide bonds. The van der Waals surface area contributed by atoms with Crippen LogP contribution in [0.15, 0.2) is 35.4 Å². The number of aromatic nitrogens is 1. The number of fused-ring (bicyclic) bond motifs is 1. The van der Waals surface area contributed by atoms with Crippen molar-refractivity contribution in [1.82, 2.24) is 4.98 Å². The summed E-state index contributed by atoms with van der Waals surface area (Å²) in [6.07, 6.45) is 2.81. The average Bonchev–Trinajstić information content (AvgIpc) is 3.07. The van der Waals surface area contributed by atoms with Gasteiger partial charge in [0.25, 0.3) is 5.92 Å². The molecule has 1 aliphatic rings. The second-order valence-corrected chi connectivity index (χ2v) is 11.5. The summed E-state index contributed by atoms with van der Waals surface area (Å²) >= 11 is 0. The topological polar surface area (TPSA) is 73.3 Å². The maximum atomic E-state index is 13.7. The van der Waals surface area contributed by atoms with Gasteiger partial charge in [-0.25, -0.2) is 17.2 Å². The van der Waals surface area contributed by atoms with Crippen LogP contribution in [0.1, 0.15) is 54.9 Å². The number of pyridine rings is 1. The first-order valence-electron chi connectivity index (χ1n) is 10.0. The van der Waals surface area contributed by atoms with Crippen LogP contribution in [-0.4, -0.2) is 32.0 Å². The van der Waals surface area contributed by atoms with Crippen molar-refractivity contribution >= 4 is 15.6 Å². The first-order valence-corrected chi connectivity index (χ1v) is 11.9. The Hall–Kier alpha value is -2.35. The van der Waals surface area contributed by atoms with Gasteiger partial charge in [0.05, 0.1) is 17.1 Å². The minimum Gasteiger partial charge on any atom is -0.492 e. The van der Waals surface area contributed by atoms with Crippen LogP contribution in [0.4, 0.5) is 8.78 Å². The van der Waals surface area contributed by atoms with Gasteiger partial charge < -0.3 is 4.74 Å². The van der Waals surface area contributed by atoms with Crippen molar-refractivity contribution in [3.63, 3.8) is 0 Å². The molecule has 0 saturated heterocycles. The van der Waals surface area contributed by atoms with Crippen LogP contribution in [0.5, 0.6) is 5.75 Å². The number of benzene rings is 1. The van der Waals surface area contributed by atoms with E-state index in [1.807, 2.05) is 20.8 Å². The molecule has 0 aliphatic heterocycles. The number of halogens is 2. The Morgan fingerprint density at radius 3 is 2.42 bits per heavy atom. The molecule has 1 aromatic heterocycles. The van der Waals surface area contributed by atoms with E-state index in [4.69, 9.17) is 4.74 Å². The lowest BCUT2D eigenvalue weighted by atomic mass is 9.94. The number of carbonyl (C=O) groups excluding carboxylic acids is 1. The molecule has 1 heterocycles. The fraction of sp³-hybridized carbons (Fsp3) is 0.478. The molecule has 0 bridgehead atoms. The largest absolute Gasteiger partial charge is 0.492 e. The molecule has 0 radical (unpaired) electrons. The van der Waals surface area contributed by atoms with Gasteiger partial charge in [0, 0.05) is 43.0 Å².